The Morgan fingerprint density at radius 2 is 0.596 bits per heavy atom. The Labute approximate surface area is 355 Å². The van der Waals surface area contributed by atoms with Crippen molar-refractivity contribution in [1.29, 1.82) is 0 Å². The molecule has 57 heavy (non-hydrogen) atoms. The van der Waals surface area contributed by atoms with E-state index in [2.05, 4.69) is 65.8 Å². The highest BCUT2D eigenvalue weighted by molar-refractivity contribution is 4.90. The summed E-state index contributed by atoms with van der Waals surface area (Å²) in [6, 6.07) is 0. The van der Waals surface area contributed by atoms with Gasteiger partial charge in [0.15, 0.2) is 25.2 Å². The summed E-state index contributed by atoms with van der Waals surface area (Å²) in [5.74, 6) is 0. The number of unbranched alkanes of at least 4 members (excludes halogenated alkanes) is 20. The Hall–Kier alpha value is -0.800. The normalized spacial score (nSPS) is 13.3. The standard InChI is InChI=1S/C50H98O7/c1-7-13-19-21-23-29-35-45-55-49(39-33-27-25-31-37-47(51-41-15-9-3)52-42-16-10-4)57-50(56-46-36-30-24-22-20-14-8-2)40-34-28-26-32-38-48(53-43-17-11-5)54-44-18-12-6/h33-34,39-40,47-50H,7-32,35-38,41-46H2,1-6H3. The molecule has 7 nitrogen and oxygen atoms in total. The topological polar surface area (TPSA) is 64.6 Å². The Balaban J connectivity index is 5.36. The van der Waals surface area contributed by atoms with E-state index in [0.29, 0.717) is 13.2 Å². The highest BCUT2D eigenvalue weighted by Crippen LogP contribution is 2.16. The van der Waals surface area contributed by atoms with Gasteiger partial charge in [-0.15, -0.1) is 0 Å². The number of hydrogen-bond acceptors (Lipinski definition) is 7. The lowest BCUT2D eigenvalue weighted by molar-refractivity contribution is -0.208. The molecule has 2 unspecified atom stereocenters. The smallest absolute Gasteiger partial charge is 0.180 e. The molecule has 0 radical (unpaired) electrons. The van der Waals surface area contributed by atoms with Gasteiger partial charge in [-0.25, -0.2) is 0 Å². The van der Waals surface area contributed by atoms with E-state index in [4.69, 9.17) is 33.2 Å². The minimum atomic E-state index is -0.433. The lowest BCUT2D eigenvalue weighted by atomic mass is 10.1. The zero-order valence-corrected chi connectivity index (χ0v) is 38.9. The van der Waals surface area contributed by atoms with Gasteiger partial charge < -0.3 is 33.2 Å². The molecule has 0 spiro atoms. The summed E-state index contributed by atoms with van der Waals surface area (Å²) in [7, 11) is 0. The van der Waals surface area contributed by atoms with Crippen LogP contribution in [0.1, 0.15) is 234 Å². The molecule has 0 N–H and O–H groups in total. The summed E-state index contributed by atoms with van der Waals surface area (Å²) < 4.78 is 43.6. The van der Waals surface area contributed by atoms with E-state index in [1.54, 1.807) is 0 Å². The van der Waals surface area contributed by atoms with E-state index in [0.717, 1.165) is 142 Å². The summed E-state index contributed by atoms with van der Waals surface area (Å²) in [6.45, 7) is 17.9. The van der Waals surface area contributed by atoms with Crippen LogP contribution in [-0.2, 0) is 33.2 Å². The maximum atomic E-state index is 6.58. The lowest BCUT2D eigenvalue weighted by Gasteiger charge is -2.22. The van der Waals surface area contributed by atoms with Gasteiger partial charge in [0, 0.05) is 26.4 Å². The van der Waals surface area contributed by atoms with E-state index in [-0.39, 0.29) is 12.6 Å². The summed E-state index contributed by atoms with van der Waals surface area (Å²) in [5.41, 5.74) is 0. The van der Waals surface area contributed by atoms with Crippen molar-refractivity contribution < 1.29 is 33.2 Å². The van der Waals surface area contributed by atoms with Crippen LogP contribution in [0.15, 0.2) is 24.3 Å². The van der Waals surface area contributed by atoms with Crippen LogP contribution in [0.4, 0.5) is 0 Å². The summed E-state index contributed by atoms with van der Waals surface area (Å²) in [4.78, 5) is 0. The first-order valence-electron chi connectivity index (χ1n) is 24.8. The van der Waals surface area contributed by atoms with E-state index in [1.807, 2.05) is 0 Å². The molecule has 0 aliphatic rings. The maximum absolute atomic E-state index is 6.58. The van der Waals surface area contributed by atoms with Crippen molar-refractivity contribution in [2.75, 3.05) is 39.6 Å². The highest BCUT2D eigenvalue weighted by atomic mass is 16.8. The Morgan fingerprint density at radius 3 is 0.930 bits per heavy atom. The van der Waals surface area contributed by atoms with Crippen molar-refractivity contribution in [3.63, 3.8) is 0 Å². The molecule has 340 valence electrons. The molecule has 2 atom stereocenters. The predicted octanol–water partition coefficient (Wildman–Crippen LogP) is 15.3. The van der Waals surface area contributed by atoms with Crippen LogP contribution in [0.3, 0.4) is 0 Å². The minimum Gasteiger partial charge on any atom is -0.353 e. The molecule has 0 heterocycles. The third-order valence-electron chi connectivity index (χ3n) is 10.2. The molecule has 0 aliphatic carbocycles. The molecular formula is C50H98O7. The van der Waals surface area contributed by atoms with E-state index in [9.17, 15) is 0 Å². The molecule has 0 bridgehead atoms. The van der Waals surface area contributed by atoms with Crippen LogP contribution < -0.4 is 0 Å². The van der Waals surface area contributed by atoms with Gasteiger partial charge in [0.1, 0.15) is 0 Å². The monoisotopic (exact) mass is 811 g/mol. The third kappa shape index (κ3) is 41.7. The van der Waals surface area contributed by atoms with Crippen LogP contribution in [0.2, 0.25) is 0 Å². The van der Waals surface area contributed by atoms with Crippen molar-refractivity contribution in [3.8, 4) is 0 Å². The Morgan fingerprint density at radius 1 is 0.298 bits per heavy atom. The minimum absolute atomic E-state index is 0.0887. The number of ether oxygens (including phenoxy) is 7. The Kier molecular flexibility index (Phi) is 47.2. The summed E-state index contributed by atoms with van der Waals surface area (Å²) in [6.07, 6.45) is 42.3. The quantitative estimate of drug-likeness (QED) is 0.0344. The molecule has 0 saturated carbocycles. The Bertz CT molecular complexity index is 722. The van der Waals surface area contributed by atoms with Crippen molar-refractivity contribution in [3.05, 3.63) is 24.3 Å². The average Bonchev–Trinajstić information content (AvgIpc) is 3.21. The second-order valence-corrected chi connectivity index (χ2v) is 16.0. The van der Waals surface area contributed by atoms with Gasteiger partial charge in [-0.2, -0.15) is 0 Å². The molecule has 7 heteroatoms. The molecule has 0 aromatic carbocycles. The highest BCUT2D eigenvalue weighted by Gasteiger charge is 2.15. The molecule has 0 saturated heterocycles. The van der Waals surface area contributed by atoms with E-state index in [1.165, 1.54) is 77.0 Å². The van der Waals surface area contributed by atoms with E-state index >= 15 is 0 Å². The van der Waals surface area contributed by atoms with Gasteiger partial charge in [0.25, 0.3) is 0 Å². The van der Waals surface area contributed by atoms with Gasteiger partial charge >= 0.3 is 0 Å². The number of rotatable bonds is 48. The molecule has 0 aromatic rings. The fourth-order valence-corrected chi connectivity index (χ4v) is 6.36. The maximum Gasteiger partial charge on any atom is 0.180 e. The average molecular weight is 811 g/mol. The third-order valence-corrected chi connectivity index (χ3v) is 10.2. The lowest BCUT2D eigenvalue weighted by Crippen LogP contribution is -2.25. The second-order valence-electron chi connectivity index (χ2n) is 16.0. The van der Waals surface area contributed by atoms with E-state index < -0.39 is 12.6 Å². The molecule has 0 amide bonds. The van der Waals surface area contributed by atoms with Crippen molar-refractivity contribution in [1.82, 2.24) is 0 Å². The van der Waals surface area contributed by atoms with Crippen LogP contribution >= 0.6 is 0 Å². The fourth-order valence-electron chi connectivity index (χ4n) is 6.36. The largest absolute Gasteiger partial charge is 0.353 e. The number of hydrogen-bond donors (Lipinski definition) is 0. The van der Waals surface area contributed by atoms with Crippen LogP contribution in [0, 0.1) is 0 Å². The first-order chi connectivity index (χ1) is 28.1. The molecule has 0 rings (SSSR count). The van der Waals surface area contributed by atoms with Crippen LogP contribution in [0.25, 0.3) is 0 Å². The molecule has 0 fully saturated rings. The van der Waals surface area contributed by atoms with Crippen molar-refractivity contribution >= 4 is 0 Å². The van der Waals surface area contributed by atoms with Gasteiger partial charge in [-0.05, 0) is 102 Å². The number of allylic oxidation sites excluding steroid dienone is 2. The zero-order valence-electron chi connectivity index (χ0n) is 38.9. The van der Waals surface area contributed by atoms with Gasteiger partial charge in [-0.1, -0.05) is 156 Å². The molecule has 0 aliphatic heterocycles. The molecule has 0 aromatic heterocycles. The second kappa shape index (κ2) is 47.9. The molecular weight excluding hydrogens is 713 g/mol. The van der Waals surface area contributed by atoms with Crippen LogP contribution in [0.5, 0.6) is 0 Å². The van der Waals surface area contributed by atoms with Gasteiger partial charge in [0.05, 0.1) is 13.2 Å². The summed E-state index contributed by atoms with van der Waals surface area (Å²) >= 11 is 0. The van der Waals surface area contributed by atoms with Gasteiger partial charge in [0.2, 0.25) is 0 Å². The van der Waals surface area contributed by atoms with Crippen molar-refractivity contribution in [2.24, 2.45) is 0 Å². The summed E-state index contributed by atoms with van der Waals surface area (Å²) in [5, 5.41) is 0. The first-order valence-corrected chi connectivity index (χ1v) is 24.8. The zero-order chi connectivity index (χ0) is 41.5. The van der Waals surface area contributed by atoms with Gasteiger partial charge in [-0.3, -0.25) is 0 Å². The first kappa shape index (κ1) is 56.2. The SMILES string of the molecule is CCCCCCCCCOC(C=CCCCCC(OCCCC)OCCCC)OC(C=CCCCCC(OCCCC)OCCCC)OCCCCCCCCC. The van der Waals surface area contributed by atoms with Crippen molar-refractivity contribution in [2.45, 2.75) is 259 Å². The van der Waals surface area contributed by atoms with Crippen LogP contribution in [-0.4, -0.2) is 64.8 Å². The predicted molar refractivity (Wildman–Crippen MR) is 243 cm³/mol. The fraction of sp³-hybridized carbons (Fsp3) is 0.920.